The number of nitrogens with zero attached hydrogens (tertiary/aromatic N) is 4. The van der Waals surface area contributed by atoms with Gasteiger partial charge < -0.3 is 5.32 Å². The van der Waals surface area contributed by atoms with Crippen molar-refractivity contribution in [1.82, 2.24) is 20.0 Å². The van der Waals surface area contributed by atoms with Gasteiger partial charge in [-0.1, -0.05) is 29.5 Å². The van der Waals surface area contributed by atoms with E-state index in [0.29, 0.717) is 10.1 Å². The van der Waals surface area contributed by atoms with Crippen LogP contribution < -0.4 is 5.32 Å². The minimum Gasteiger partial charge on any atom is -0.330 e. The number of benzene rings is 1. The molecule has 0 unspecified atom stereocenters. The van der Waals surface area contributed by atoms with Crippen molar-refractivity contribution in [1.29, 1.82) is 0 Å². The van der Waals surface area contributed by atoms with Gasteiger partial charge in [-0.05, 0) is 38.5 Å². The number of rotatable bonds is 4. The molecule has 0 aliphatic carbocycles. The second-order valence-corrected chi connectivity index (χ2v) is 6.41. The van der Waals surface area contributed by atoms with Crippen LogP contribution in [0.3, 0.4) is 0 Å². The minimum absolute atomic E-state index is 0.103. The predicted octanol–water partition coefficient (Wildman–Crippen LogP) is 3.29. The highest BCUT2D eigenvalue weighted by molar-refractivity contribution is 7.15. The Morgan fingerprint density at radius 1 is 1.22 bits per heavy atom. The van der Waals surface area contributed by atoms with Crippen LogP contribution in [0.4, 0.5) is 10.8 Å². The minimum atomic E-state index is -0.103. The van der Waals surface area contributed by atoms with Crippen molar-refractivity contribution in [2.45, 2.75) is 27.2 Å². The monoisotopic (exact) mass is 327 g/mol. The van der Waals surface area contributed by atoms with E-state index < -0.39 is 0 Å². The van der Waals surface area contributed by atoms with Crippen molar-refractivity contribution in [3.8, 4) is 0 Å². The Morgan fingerprint density at radius 3 is 2.70 bits per heavy atom. The summed E-state index contributed by atoms with van der Waals surface area (Å²) < 4.78 is 1.42. The number of aromatic nitrogens is 4. The summed E-state index contributed by atoms with van der Waals surface area (Å²) in [5, 5.41) is 17.0. The van der Waals surface area contributed by atoms with E-state index in [0.717, 1.165) is 22.6 Å². The van der Waals surface area contributed by atoms with Gasteiger partial charge in [-0.15, -0.1) is 10.2 Å². The first-order valence-electron chi connectivity index (χ1n) is 7.24. The summed E-state index contributed by atoms with van der Waals surface area (Å²) in [7, 11) is 0. The number of hydrogen-bond donors (Lipinski definition) is 1. The Balaban J connectivity index is 1.71. The Morgan fingerprint density at radius 2 is 2.00 bits per heavy atom. The van der Waals surface area contributed by atoms with Crippen LogP contribution in [0.25, 0.3) is 0 Å². The summed E-state index contributed by atoms with van der Waals surface area (Å²) in [6.07, 6.45) is 0.190. The lowest BCUT2D eigenvalue weighted by Gasteiger charge is -2.04. The van der Waals surface area contributed by atoms with E-state index in [1.807, 2.05) is 51.1 Å². The fraction of sp³-hybridized carbons (Fsp3) is 0.250. The van der Waals surface area contributed by atoms with E-state index in [1.165, 1.54) is 16.0 Å². The smallest absolute Gasteiger partial charge is 0.254 e. The fourth-order valence-corrected chi connectivity index (χ4v) is 3.03. The molecule has 0 spiro atoms. The molecule has 2 aromatic heterocycles. The molecule has 0 saturated carbocycles. The molecule has 0 aliphatic rings. The van der Waals surface area contributed by atoms with Gasteiger partial charge in [0, 0.05) is 11.4 Å². The highest BCUT2D eigenvalue weighted by Crippen LogP contribution is 2.23. The molecule has 0 bridgehead atoms. The quantitative estimate of drug-likeness (QED) is 0.796. The standard InChI is InChI=1S/C16H17N5OS/c1-10-6-4-5-7-13(10)17-16-19-18-14(23-16)9-15(22)21-12(3)8-11(2)20-21/h4-8H,9H2,1-3H3,(H,17,19). The lowest BCUT2D eigenvalue weighted by atomic mass is 10.2. The normalized spacial score (nSPS) is 10.7. The number of nitrogens with one attached hydrogen (secondary N) is 1. The highest BCUT2D eigenvalue weighted by Gasteiger charge is 2.14. The van der Waals surface area contributed by atoms with Crippen molar-refractivity contribution in [3.63, 3.8) is 0 Å². The SMILES string of the molecule is Cc1cc(C)n(C(=O)Cc2nnc(Nc3ccccc3C)s2)n1. The van der Waals surface area contributed by atoms with Crippen LogP contribution >= 0.6 is 11.3 Å². The molecule has 7 heteroatoms. The largest absolute Gasteiger partial charge is 0.330 e. The molecule has 0 saturated heterocycles. The molecule has 23 heavy (non-hydrogen) atoms. The first-order chi connectivity index (χ1) is 11.0. The van der Waals surface area contributed by atoms with Crippen LogP contribution in [-0.4, -0.2) is 25.9 Å². The summed E-state index contributed by atoms with van der Waals surface area (Å²) >= 11 is 1.38. The number of hydrogen-bond acceptors (Lipinski definition) is 6. The Hall–Kier alpha value is -2.54. The molecular weight excluding hydrogens is 310 g/mol. The number of aryl methyl sites for hydroxylation is 3. The topological polar surface area (TPSA) is 72.7 Å². The van der Waals surface area contributed by atoms with Crippen molar-refractivity contribution >= 4 is 28.1 Å². The lowest BCUT2D eigenvalue weighted by molar-refractivity contribution is 0.0895. The maximum atomic E-state index is 12.3. The van der Waals surface area contributed by atoms with Crippen molar-refractivity contribution in [2.75, 3.05) is 5.32 Å². The predicted molar refractivity (Wildman–Crippen MR) is 90.4 cm³/mol. The average Bonchev–Trinajstić information content (AvgIpc) is 3.07. The van der Waals surface area contributed by atoms with Gasteiger partial charge >= 0.3 is 0 Å². The second kappa shape index (κ2) is 6.29. The molecule has 0 aliphatic heterocycles. The van der Waals surface area contributed by atoms with Gasteiger partial charge in [-0.25, -0.2) is 4.68 Å². The average molecular weight is 327 g/mol. The molecule has 6 nitrogen and oxygen atoms in total. The first-order valence-corrected chi connectivity index (χ1v) is 8.06. The van der Waals surface area contributed by atoms with Gasteiger partial charge in [0.1, 0.15) is 5.01 Å². The molecule has 0 amide bonds. The molecule has 1 N–H and O–H groups in total. The summed E-state index contributed by atoms with van der Waals surface area (Å²) in [5.41, 5.74) is 3.77. The van der Waals surface area contributed by atoms with E-state index in [2.05, 4.69) is 20.6 Å². The summed E-state index contributed by atoms with van der Waals surface area (Å²) in [6, 6.07) is 9.83. The molecule has 2 heterocycles. The summed E-state index contributed by atoms with van der Waals surface area (Å²) in [6.45, 7) is 5.76. The third-order valence-electron chi connectivity index (χ3n) is 3.40. The maximum absolute atomic E-state index is 12.3. The van der Waals surface area contributed by atoms with Gasteiger partial charge in [0.2, 0.25) is 5.13 Å². The first kappa shape index (κ1) is 15.4. The van der Waals surface area contributed by atoms with E-state index in [-0.39, 0.29) is 12.3 Å². The van der Waals surface area contributed by atoms with Crippen LogP contribution in [0.1, 0.15) is 26.8 Å². The van der Waals surface area contributed by atoms with E-state index in [1.54, 1.807) is 0 Å². The van der Waals surface area contributed by atoms with E-state index in [4.69, 9.17) is 0 Å². The molecule has 0 fully saturated rings. The number of carbonyl (C=O) groups is 1. The Kier molecular flexibility index (Phi) is 4.20. The van der Waals surface area contributed by atoms with Crippen LogP contribution in [0.15, 0.2) is 30.3 Å². The van der Waals surface area contributed by atoms with Gasteiger partial charge in [0.15, 0.2) is 0 Å². The number of anilines is 2. The molecule has 1 aromatic carbocycles. The van der Waals surface area contributed by atoms with Crippen LogP contribution in [0.2, 0.25) is 0 Å². The molecule has 0 radical (unpaired) electrons. The zero-order valence-corrected chi connectivity index (χ0v) is 14.0. The van der Waals surface area contributed by atoms with Crippen molar-refractivity contribution < 1.29 is 4.79 Å². The summed E-state index contributed by atoms with van der Waals surface area (Å²) in [5.74, 6) is -0.103. The van der Waals surface area contributed by atoms with Crippen molar-refractivity contribution in [3.05, 3.63) is 52.3 Å². The van der Waals surface area contributed by atoms with Gasteiger partial charge in [0.05, 0.1) is 12.1 Å². The van der Waals surface area contributed by atoms with Gasteiger partial charge in [-0.2, -0.15) is 5.10 Å². The Labute approximate surface area is 138 Å². The fourth-order valence-electron chi connectivity index (χ4n) is 2.29. The zero-order valence-electron chi connectivity index (χ0n) is 13.2. The highest BCUT2D eigenvalue weighted by atomic mass is 32.1. The number of para-hydroxylation sites is 1. The van der Waals surface area contributed by atoms with Crippen LogP contribution in [0, 0.1) is 20.8 Å². The van der Waals surface area contributed by atoms with Gasteiger partial charge in [0.25, 0.3) is 5.91 Å². The Bertz CT molecular complexity index is 852. The lowest BCUT2D eigenvalue weighted by Crippen LogP contribution is -2.16. The second-order valence-electron chi connectivity index (χ2n) is 5.35. The third-order valence-corrected chi connectivity index (χ3v) is 4.24. The summed E-state index contributed by atoms with van der Waals surface area (Å²) in [4.78, 5) is 12.3. The van der Waals surface area contributed by atoms with Crippen molar-refractivity contribution in [2.24, 2.45) is 0 Å². The maximum Gasteiger partial charge on any atom is 0.254 e. The molecule has 3 aromatic rings. The van der Waals surface area contributed by atoms with Gasteiger partial charge in [-0.3, -0.25) is 4.79 Å². The van der Waals surface area contributed by atoms with E-state index in [9.17, 15) is 4.79 Å². The molecular formula is C16H17N5OS. The van der Waals surface area contributed by atoms with E-state index >= 15 is 0 Å². The molecule has 0 atom stereocenters. The molecule has 3 rings (SSSR count). The number of carbonyl (C=O) groups excluding carboxylic acids is 1. The van der Waals surface area contributed by atoms with Crippen LogP contribution in [-0.2, 0) is 6.42 Å². The third kappa shape index (κ3) is 3.45. The zero-order chi connectivity index (χ0) is 16.4. The van der Waals surface area contributed by atoms with Crippen LogP contribution in [0.5, 0.6) is 0 Å². The molecule has 118 valence electrons.